The summed E-state index contributed by atoms with van der Waals surface area (Å²) in [5.74, 6) is -0.755. The Kier molecular flexibility index (Phi) is 8.96. The number of carbonyl (C=O) groups is 1. The van der Waals surface area contributed by atoms with E-state index < -0.39 is 29.4 Å². The van der Waals surface area contributed by atoms with Gasteiger partial charge in [0.25, 0.3) is 0 Å². The molecule has 2 rings (SSSR count). The summed E-state index contributed by atoms with van der Waals surface area (Å²) in [6.07, 6.45) is -8.86. The zero-order chi connectivity index (χ0) is 20.8. The number of benzene rings is 2. The number of rotatable bonds is 2. The maximum Gasteiger partial charge on any atom is 0.416 e. The van der Waals surface area contributed by atoms with E-state index in [1.807, 2.05) is 0 Å². The van der Waals surface area contributed by atoms with Gasteiger partial charge in [0, 0.05) is 6.92 Å². The van der Waals surface area contributed by atoms with Gasteiger partial charge >= 0.3 is 12.4 Å². The lowest BCUT2D eigenvalue weighted by Crippen LogP contribution is -2.24. The molecule has 2 aromatic rings. The summed E-state index contributed by atoms with van der Waals surface area (Å²) in [5.41, 5.74) is -0.260. The van der Waals surface area contributed by atoms with Gasteiger partial charge in [-0.1, -0.05) is 19.6 Å². The molecule has 11 heteroatoms. The van der Waals surface area contributed by atoms with Crippen LogP contribution in [0.15, 0.2) is 48.5 Å². The first kappa shape index (κ1) is 25.2. The minimum absolute atomic E-state index is 0. The predicted molar refractivity (Wildman–Crippen MR) is 90.0 cm³/mol. The van der Waals surface area contributed by atoms with Crippen LogP contribution in [-0.4, -0.2) is 16.3 Å². The Balaban J connectivity index is 0.000000514. The van der Waals surface area contributed by atoms with Crippen LogP contribution in [0.25, 0.3) is 0 Å². The lowest BCUT2D eigenvalue weighted by molar-refractivity contribution is -0.138. The molecule has 0 aliphatic rings. The van der Waals surface area contributed by atoms with Gasteiger partial charge in [0.2, 0.25) is 5.91 Å². The Morgan fingerprint density at radius 3 is 1.82 bits per heavy atom. The molecule has 0 atom stereocenters. The summed E-state index contributed by atoms with van der Waals surface area (Å²) in [7, 11) is 0. The third-order valence-corrected chi connectivity index (χ3v) is 3.04. The highest BCUT2D eigenvalue weighted by Crippen LogP contribution is 2.31. The number of halogens is 6. The third kappa shape index (κ3) is 7.45. The van der Waals surface area contributed by atoms with Gasteiger partial charge in [0.1, 0.15) is 0 Å². The Morgan fingerprint density at radius 1 is 0.929 bits per heavy atom. The molecule has 0 heterocycles. The maximum absolute atomic E-state index is 12.2. The minimum atomic E-state index is -4.49. The van der Waals surface area contributed by atoms with Crippen molar-refractivity contribution < 1.29 is 41.6 Å². The first-order valence-corrected chi connectivity index (χ1v) is 7.10. The maximum atomic E-state index is 12.2. The molecular formula is C17H18F6N2O3. The number of alkyl halides is 6. The number of hydroxylamine groups is 1. The fourth-order valence-electron chi connectivity index (χ4n) is 1.76. The zero-order valence-corrected chi connectivity index (χ0v) is 13.6. The molecule has 0 unspecified atom stereocenters. The summed E-state index contributed by atoms with van der Waals surface area (Å²) in [6.45, 7) is 1.04. The monoisotopic (exact) mass is 412 g/mol. The average molecular weight is 412 g/mol. The van der Waals surface area contributed by atoms with E-state index in [4.69, 9.17) is 10.4 Å². The van der Waals surface area contributed by atoms with Gasteiger partial charge in [0.15, 0.2) is 0 Å². The van der Waals surface area contributed by atoms with Crippen molar-refractivity contribution in [3.63, 3.8) is 0 Å². The highest BCUT2D eigenvalue weighted by Gasteiger charge is 2.31. The quantitative estimate of drug-likeness (QED) is 0.342. The van der Waals surface area contributed by atoms with Crippen LogP contribution >= 0.6 is 0 Å². The molecule has 0 fully saturated rings. The molecule has 0 aliphatic carbocycles. The zero-order valence-electron chi connectivity index (χ0n) is 13.6. The van der Waals surface area contributed by atoms with Gasteiger partial charge in [-0.2, -0.15) is 31.4 Å². The summed E-state index contributed by atoms with van der Waals surface area (Å²) in [6, 6.07) is 8.16. The highest BCUT2D eigenvalue weighted by atomic mass is 19.4. The molecule has 1 amide bonds. The van der Waals surface area contributed by atoms with Gasteiger partial charge in [-0.15, -0.1) is 0 Å². The van der Waals surface area contributed by atoms with Gasteiger partial charge in [-0.25, -0.2) is 0 Å². The van der Waals surface area contributed by atoms with Crippen LogP contribution in [0, 0.1) is 0 Å². The van der Waals surface area contributed by atoms with E-state index in [0.717, 1.165) is 31.2 Å². The fourth-order valence-corrected chi connectivity index (χ4v) is 1.76. The second-order valence-electron chi connectivity index (χ2n) is 5.07. The van der Waals surface area contributed by atoms with Crippen LogP contribution in [0.4, 0.5) is 37.7 Å². The van der Waals surface area contributed by atoms with Crippen molar-refractivity contribution in [2.45, 2.75) is 26.7 Å². The fraction of sp³-hybridized carbons (Fsp3) is 0.235. The highest BCUT2D eigenvalue weighted by molar-refractivity contribution is 5.88. The van der Waals surface area contributed by atoms with Gasteiger partial charge in [-0.3, -0.25) is 20.7 Å². The normalized spacial score (nSPS) is 10.9. The first-order valence-electron chi connectivity index (χ1n) is 7.10. The summed E-state index contributed by atoms with van der Waals surface area (Å²) in [4.78, 5) is 10.7. The number of nitrogens with one attached hydrogen (secondary N) is 1. The van der Waals surface area contributed by atoms with Crippen molar-refractivity contribution in [1.82, 2.24) is 0 Å². The molecule has 0 aromatic heterocycles. The van der Waals surface area contributed by atoms with Crippen molar-refractivity contribution in [1.29, 1.82) is 0 Å². The van der Waals surface area contributed by atoms with E-state index in [-0.39, 0.29) is 23.9 Å². The van der Waals surface area contributed by atoms with E-state index in [2.05, 4.69) is 0 Å². The van der Waals surface area contributed by atoms with E-state index in [1.165, 1.54) is 18.2 Å². The number of amides is 1. The minimum Gasteiger partial charge on any atom is -0.291 e. The first-order chi connectivity index (χ1) is 12.4. The molecule has 0 bridgehead atoms. The van der Waals surface area contributed by atoms with Crippen LogP contribution in [0.1, 0.15) is 25.5 Å². The largest absolute Gasteiger partial charge is 0.416 e. The summed E-state index contributed by atoms with van der Waals surface area (Å²) in [5, 5.41) is 17.6. The molecule has 0 saturated carbocycles. The van der Waals surface area contributed by atoms with Crippen molar-refractivity contribution >= 4 is 17.3 Å². The molecule has 2 aromatic carbocycles. The molecule has 0 aliphatic heterocycles. The van der Waals surface area contributed by atoms with E-state index in [9.17, 15) is 31.1 Å². The van der Waals surface area contributed by atoms with Crippen molar-refractivity contribution in [3.8, 4) is 0 Å². The topological polar surface area (TPSA) is 72.8 Å². The Morgan fingerprint density at radius 2 is 1.39 bits per heavy atom. The van der Waals surface area contributed by atoms with Gasteiger partial charge in [-0.05, 0) is 36.4 Å². The summed E-state index contributed by atoms with van der Waals surface area (Å²) >= 11 is 0. The number of anilines is 2. The molecule has 3 N–H and O–H groups in total. The molecule has 5 nitrogen and oxygen atoms in total. The van der Waals surface area contributed by atoms with Gasteiger partial charge < -0.3 is 0 Å². The second kappa shape index (κ2) is 9.95. The molecule has 0 radical (unpaired) electrons. The van der Waals surface area contributed by atoms with E-state index >= 15 is 0 Å². The SMILES string of the molecule is C.CC(=O)N(O)c1cccc(C(F)(F)F)c1.ONc1cccc(C(F)(F)F)c1. The Labute approximate surface area is 156 Å². The summed E-state index contributed by atoms with van der Waals surface area (Å²) < 4.78 is 72.7. The lowest BCUT2D eigenvalue weighted by Gasteiger charge is -2.14. The molecule has 156 valence electrons. The molecular weight excluding hydrogens is 394 g/mol. The van der Waals surface area contributed by atoms with E-state index in [0.29, 0.717) is 6.07 Å². The number of hydrogen-bond acceptors (Lipinski definition) is 4. The van der Waals surface area contributed by atoms with Crippen LogP contribution in [-0.2, 0) is 17.1 Å². The number of hydrogen-bond donors (Lipinski definition) is 3. The van der Waals surface area contributed by atoms with Crippen LogP contribution in [0.5, 0.6) is 0 Å². The standard InChI is InChI=1S/C9H8F3NO2.C7H6F3NO.CH4/c1-6(14)13(15)8-4-2-3-7(5-8)9(10,11)12;8-7(9,10)5-2-1-3-6(4-5)11-12;/h2-5,15H,1H3;1-4,11-12H;1H4. The Hall–Kier alpha value is -2.79. The Bertz CT molecular complexity index is 778. The van der Waals surface area contributed by atoms with Crippen molar-refractivity contribution in [3.05, 3.63) is 59.7 Å². The number of carbonyl (C=O) groups excluding carboxylic acids is 1. The lowest BCUT2D eigenvalue weighted by atomic mass is 10.2. The van der Waals surface area contributed by atoms with Crippen LogP contribution in [0.3, 0.4) is 0 Å². The average Bonchev–Trinajstić information content (AvgIpc) is 2.60. The molecule has 28 heavy (non-hydrogen) atoms. The third-order valence-electron chi connectivity index (χ3n) is 3.04. The van der Waals surface area contributed by atoms with Crippen molar-refractivity contribution in [2.75, 3.05) is 10.5 Å². The van der Waals surface area contributed by atoms with Crippen molar-refractivity contribution in [2.24, 2.45) is 0 Å². The smallest absolute Gasteiger partial charge is 0.291 e. The molecule has 0 saturated heterocycles. The van der Waals surface area contributed by atoms with E-state index in [1.54, 1.807) is 5.48 Å². The van der Waals surface area contributed by atoms with Gasteiger partial charge in [0.05, 0.1) is 22.5 Å². The molecule has 0 spiro atoms. The second-order valence-corrected chi connectivity index (χ2v) is 5.07. The van der Waals surface area contributed by atoms with Crippen LogP contribution < -0.4 is 10.5 Å². The number of nitrogens with zero attached hydrogens (tertiary/aromatic N) is 1. The predicted octanol–water partition coefficient (Wildman–Crippen LogP) is 5.59. The van der Waals surface area contributed by atoms with Crippen LogP contribution in [0.2, 0.25) is 0 Å².